The Morgan fingerprint density at radius 1 is 1.09 bits per heavy atom. The van der Waals surface area contributed by atoms with Crippen molar-refractivity contribution in [2.45, 2.75) is 46.1 Å². The van der Waals surface area contributed by atoms with Crippen molar-refractivity contribution in [3.8, 4) is 11.5 Å². The van der Waals surface area contributed by atoms with E-state index in [1.807, 2.05) is 30.9 Å². The zero-order chi connectivity index (χ0) is 22.8. The van der Waals surface area contributed by atoms with Crippen LogP contribution in [0.2, 0.25) is 0 Å². The maximum atomic E-state index is 12.6. The van der Waals surface area contributed by atoms with Crippen LogP contribution in [0.4, 0.5) is 0 Å². The van der Waals surface area contributed by atoms with E-state index in [0.29, 0.717) is 39.5 Å². The highest BCUT2D eigenvalue weighted by Gasteiger charge is 2.30. The first-order chi connectivity index (χ1) is 15.7. The van der Waals surface area contributed by atoms with Gasteiger partial charge in [-0.05, 0) is 57.7 Å². The van der Waals surface area contributed by atoms with Crippen LogP contribution in [0.5, 0.6) is 11.5 Å². The highest BCUT2D eigenvalue weighted by molar-refractivity contribution is 5.82. The average Bonchev–Trinajstić information content (AvgIpc) is 3.35. The molecule has 1 N–H and O–H groups in total. The highest BCUT2D eigenvalue weighted by atomic mass is 16.5. The molecule has 2 fully saturated rings. The number of guanidine groups is 1. The SMILES string of the molecule is CCNC(=NCCc1ccc(OCC)c(OCC)c1)N1CCN(C(=O)C2CCCO2)CC1. The molecule has 3 rings (SSSR count). The van der Waals surface area contributed by atoms with Gasteiger partial charge in [0.1, 0.15) is 6.10 Å². The maximum absolute atomic E-state index is 12.6. The number of nitrogens with zero attached hydrogens (tertiary/aromatic N) is 3. The maximum Gasteiger partial charge on any atom is 0.251 e. The lowest BCUT2D eigenvalue weighted by atomic mass is 10.1. The van der Waals surface area contributed by atoms with Gasteiger partial charge in [0.25, 0.3) is 5.91 Å². The Morgan fingerprint density at radius 3 is 2.47 bits per heavy atom. The monoisotopic (exact) mass is 446 g/mol. The fourth-order valence-corrected chi connectivity index (χ4v) is 4.08. The zero-order valence-electron chi connectivity index (χ0n) is 19.8. The van der Waals surface area contributed by atoms with E-state index in [2.05, 4.69) is 23.2 Å². The average molecular weight is 447 g/mol. The van der Waals surface area contributed by atoms with Crippen LogP contribution in [0, 0.1) is 0 Å². The summed E-state index contributed by atoms with van der Waals surface area (Å²) in [5.41, 5.74) is 1.17. The van der Waals surface area contributed by atoms with Crippen LogP contribution in [0.3, 0.4) is 0 Å². The van der Waals surface area contributed by atoms with E-state index in [9.17, 15) is 4.79 Å². The van der Waals surface area contributed by atoms with Crippen molar-refractivity contribution >= 4 is 11.9 Å². The van der Waals surface area contributed by atoms with Gasteiger partial charge in [-0.15, -0.1) is 0 Å². The standard InChI is InChI=1S/C24H38N4O4/c1-4-25-24(28-15-13-27(14-16-28)23(29)21-8-7-17-32-21)26-12-11-19-9-10-20(30-5-2)22(18-19)31-6-3/h9-10,18,21H,4-8,11-17H2,1-3H3,(H,25,26). The first kappa shape index (κ1) is 24.2. The lowest BCUT2D eigenvalue weighted by Crippen LogP contribution is -2.55. The minimum absolute atomic E-state index is 0.143. The number of aliphatic imine (C=N–C) groups is 1. The summed E-state index contributed by atoms with van der Waals surface area (Å²) in [4.78, 5) is 21.6. The molecular formula is C24H38N4O4. The van der Waals surface area contributed by atoms with Gasteiger partial charge in [0.15, 0.2) is 17.5 Å². The fourth-order valence-electron chi connectivity index (χ4n) is 4.08. The number of hydrogen-bond acceptors (Lipinski definition) is 5. The van der Waals surface area contributed by atoms with Gasteiger partial charge in [0.05, 0.1) is 13.2 Å². The van der Waals surface area contributed by atoms with Crippen molar-refractivity contribution in [3.05, 3.63) is 23.8 Å². The van der Waals surface area contributed by atoms with Gasteiger partial charge in [-0.3, -0.25) is 9.79 Å². The number of rotatable bonds is 9. The molecule has 0 bridgehead atoms. The molecule has 1 unspecified atom stereocenters. The zero-order valence-corrected chi connectivity index (χ0v) is 19.8. The first-order valence-electron chi connectivity index (χ1n) is 12.0. The smallest absolute Gasteiger partial charge is 0.251 e. The quantitative estimate of drug-likeness (QED) is 0.464. The van der Waals surface area contributed by atoms with E-state index < -0.39 is 0 Å². The molecular weight excluding hydrogens is 408 g/mol. The summed E-state index contributed by atoms with van der Waals surface area (Å²) < 4.78 is 16.9. The van der Waals surface area contributed by atoms with Crippen LogP contribution < -0.4 is 14.8 Å². The molecule has 8 nitrogen and oxygen atoms in total. The summed E-state index contributed by atoms with van der Waals surface area (Å²) in [6, 6.07) is 6.10. The summed E-state index contributed by atoms with van der Waals surface area (Å²) in [5, 5.41) is 3.40. The summed E-state index contributed by atoms with van der Waals surface area (Å²) in [5.74, 6) is 2.62. The predicted molar refractivity (Wildman–Crippen MR) is 126 cm³/mol. The van der Waals surface area contributed by atoms with E-state index in [0.717, 1.165) is 56.4 Å². The van der Waals surface area contributed by atoms with Gasteiger partial charge < -0.3 is 29.3 Å². The molecule has 0 aliphatic carbocycles. The molecule has 0 saturated carbocycles. The third kappa shape index (κ3) is 6.51. The third-order valence-corrected chi connectivity index (χ3v) is 5.70. The predicted octanol–water partition coefficient (Wildman–Crippen LogP) is 2.32. The Morgan fingerprint density at radius 2 is 1.81 bits per heavy atom. The molecule has 0 aromatic heterocycles. The summed E-state index contributed by atoms with van der Waals surface area (Å²) in [7, 11) is 0. The summed E-state index contributed by atoms with van der Waals surface area (Å²) in [6.07, 6.45) is 2.41. The Kier molecular flexibility index (Phi) is 9.46. The van der Waals surface area contributed by atoms with Gasteiger partial charge in [-0.1, -0.05) is 6.07 Å². The normalized spacial score (nSPS) is 19.2. The van der Waals surface area contributed by atoms with Gasteiger partial charge >= 0.3 is 0 Å². The number of benzene rings is 1. The Balaban J connectivity index is 1.55. The Labute approximate surface area is 191 Å². The first-order valence-corrected chi connectivity index (χ1v) is 12.0. The molecule has 2 saturated heterocycles. The number of hydrogen-bond donors (Lipinski definition) is 1. The Bertz CT molecular complexity index is 756. The molecule has 0 spiro atoms. The van der Waals surface area contributed by atoms with Crippen molar-refractivity contribution < 1.29 is 19.0 Å². The van der Waals surface area contributed by atoms with Crippen molar-refractivity contribution in [2.24, 2.45) is 4.99 Å². The molecule has 1 amide bonds. The molecule has 1 atom stereocenters. The summed E-state index contributed by atoms with van der Waals surface area (Å²) >= 11 is 0. The number of ether oxygens (including phenoxy) is 3. The van der Waals surface area contributed by atoms with E-state index in [-0.39, 0.29) is 12.0 Å². The highest BCUT2D eigenvalue weighted by Crippen LogP contribution is 2.28. The largest absolute Gasteiger partial charge is 0.490 e. The third-order valence-electron chi connectivity index (χ3n) is 5.70. The fraction of sp³-hybridized carbons (Fsp3) is 0.667. The van der Waals surface area contributed by atoms with Crippen LogP contribution >= 0.6 is 0 Å². The van der Waals surface area contributed by atoms with Crippen LogP contribution in [0.25, 0.3) is 0 Å². The van der Waals surface area contributed by atoms with E-state index in [1.54, 1.807) is 0 Å². The van der Waals surface area contributed by atoms with Crippen LogP contribution in [-0.2, 0) is 16.0 Å². The van der Waals surface area contributed by atoms with Crippen molar-refractivity contribution in [1.29, 1.82) is 0 Å². The van der Waals surface area contributed by atoms with Gasteiger partial charge in [0, 0.05) is 45.9 Å². The molecule has 2 aliphatic rings. The van der Waals surface area contributed by atoms with Crippen LogP contribution in [0.15, 0.2) is 23.2 Å². The van der Waals surface area contributed by atoms with E-state index >= 15 is 0 Å². The van der Waals surface area contributed by atoms with Gasteiger partial charge in [-0.2, -0.15) is 0 Å². The number of piperazine rings is 1. The van der Waals surface area contributed by atoms with E-state index in [1.165, 1.54) is 5.56 Å². The molecule has 32 heavy (non-hydrogen) atoms. The minimum atomic E-state index is -0.237. The second kappa shape index (κ2) is 12.5. The topological polar surface area (TPSA) is 75.6 Å². The van der Waals surface area contributed by atoms with Crippen LogP contribution in [-0.4, -0.2) is 86.9 Å². The molecule has 2 heterocycles. The van der Waals surface area contributed by atoms with Crippen LogP contribution in [0.1, 0.15) is 39.2 Å². The van der Waals surface area contributed by atoms with Gasteiger partial charge in [-0.25, -0.2) is 0 Å². The second-order valence-electron chi connectivity index (χ2n) is 7.95. The summed E-state index contributed by atoms with van der Waals surface area (Å²) in [6.45, 7) is 12.4. The number of carbonyl (C=O) groups is 1. The van der Waals surface area contributed by atoms with Gasteiger partial charge in [0.2, 0.25) is 0 Å². The minimum Gasteiger partial charge on any atom is -0.490 e. The van der Waals surface area contributed by atoms with Crippen molar-refractivity contribution in [1.82, 2.24) is 15.1 Å². The second-order valence-corrected chi connectivity index (χ2v) is 7.95. The van der Waals surface area contributed by atoms with Crippen molar-refractivity contribution in [2.75, 3.05) is 59.1 Å². The van der Waals surface area contributed by atoms with Crippen molar-refractivity contribution in [3.63, 3.8) is 0 Å². The molecule has 1 aromatic carbocycles. The molecule has 178 valence electrons. The number of carbonyl (C=O) groups excluding carboxylic acids is 1. The lowest BCUT2D eigenvalue weighted by molar-refractivity contribution is -0.142. The Hall–Kier alpha value is -2.48. The molecule has 2 aliphatic heterocycles. The number of nitrogens with one attached hydrogen (secondary N) is 1. The molecule has 1 aromatic rings. The molecule has 8 heteroatoms. The van der Waals surface area contributed by atoms with E-state index in [4.69, 9.17) is 19.2 Å². The lowest BCUT2D eigenvalue weighted by Gasteiger charge is -2.37. The molecule has 0 radical (unpaired) electrons. The number of amides is 1.